The maximum absolute atomic E-state index is 12.6. The summed E-state index contributed by atoms with van der Waals surface area (Å²) in [6, 6.07) is 12.0. The summed E-state index contributed by atoms with van der Waals surface area (Å²) >= 11 is 5.71. The Morgan fingerprint density at radius 1 is 1.21 bits per heavy atom. The molecule has 0 aromatic heterocycles. The van der Waals surface area contributed by atoms with Crippen LogP contribution in [0.4, 0.5) is 11.4 Å². The number of nitro benzene ring substituents is 1. The van der Waals surface area contributed by atoms with Gasteiger partial charge in [-0.1, -0.05) is 11.6 Å². The van der Waals surface area contributed by atoms with Crippen LogP contribution in [-0.4, -0.2) is 49.0 Å². The maximum Gasteiger partial charge on any atom is 0.325 e. The number of nitriles is 1. The van der Waals surface area contributed by atoms with Gasteiger partial charge in [-0.05, 0) is 43.3 Å². The number of anilines is 1. The number of carbonyl (C=O) groups is 3. The molecule has 0 bridgehead atoms. The van der Waals surface area contributed by atoms with Crippen molar-refractivity contribution >= 4 is 40.8 Å². The van der Waals surface area contributed by atoms with E-state index in [2.05, 4.69) is 5.32 Å². The Balaban J connectivity index is 1.93. The van der Waals surface area contributed by atoms with Crippen LogP contribution < -0.4 is 15.0 Å². The largest absolute Gasteiger partial charge is 0.494 e. The Morgan fingerprint density at radius 2 is 1.91 bits per heavy atom. The quantitative estimate of drug-likeness (QED) is 0.288. The topological polar surface area (TPSA) is 152 Å². The Morgan fingerprint density at radius 3 is 2.53 bits per heavy atom. The average Bonchev–Trinajstić information content (AvgIpc) is 2.82. The molecule has 0 spiro atoms. The summed E-state index contributed by atoms with van der Waals surface area (Å²) in [5, 5.41) is 21.9. The molecule has 12 heteroatoms. The summed E-state index contributed by atoms with van der Waals surface area (Å²) in [6.07, 6.45) is 0.0657. The normalized spacial score (nSPS) is 10.0. The molecule has 2 rings (SSSR count). The fraction of sp³-hybridized carbons (Fsp3) is 0.273. The van der Waals surface area contributed by atoms with Crippen LogP contribution in [0.25, 0.3) is 0 Å². The number of hydrogen-bond donors (Lipinski definition) is 1. The van der Waals surface area contributed by atoms with E-state index in [0.29, 0.717) is 18.0 Å². The molecular formula is C22H21ClN4O7. The van der Waals surface area contributed by atoms with Crippen LogP contribution >= 0.6 is 11.6 Å². The Kier molecular flexibility index (Phi) is 9.79. The number of rotatable bonds is 11. The zero-order valence-corrected chi connectivity index (χ0v) is 18.9. The maximum atomic E-state index is 12.6. The third-order valence-electron chi connectivity index (χ3n) is 4.36. The molecule has 0 fully saturated rings. The first-order valence-electron chi connectivity index (χ1n) is 10.0. The molecule has 0 unspecified atom stereocenters. The van der Waals surface area contributed by atoms with E-state index in [4.69, 9.17) is 26.3 Å². The van der Waals surface area contributed by atoms with Crippen LogP contribution in [0.1, 0.15) is 23.7 Å². The molecule has 0 atom stereocenters. The number of ether oxygens (including phenoxy) is 2. The zero-order chi connectivity index (χ0) is 25.1. The van der Waals surface area contributed by atoms with E-state index in [9.17, 15) is 24.5 Å². The molecule has 0 aliphatic rings. The van der Waals surface area contributed by atoms with Crippen molar-refractivity contribution in [2.45, 2.75) is 13.3 Å². The van der Waals surface area contributed by atoms with Crippen LogP contribution in [-0.2, 0) is 14.3 Å². The van der Waals surface area contributed by atoms with Crippen LogP contribution in [0.5, 0.6) is 5.75 Å². The Hall–Kier alpha value is -4.17. The molecule has 2 aromatic carbocycles. The second-order valence-corrected chi connectivity index (χ2v) is 7.05. The van der Waals surface area contributed by atoms with E-state index in [0.717, 1.165) is 6.07 Å². The van der Waals surface area contributed by atoms with Gasteiger partial charge in [-0.2, -0.15) is 5.26 Å². The third-order valence-corrected chi connectivity index (χ3v) is 4.68. The number of carbonyl (C=O) groups excluding carboxylic acids is 3. The molecule has 0 aliphatic heterocycles. The van der Waals surface area contributed by atoms with Crippen molar-refractivity contribution in [3.8, 4) is 11.8 Å². The predicted molar refractivity (Wildman–Crippen MR) is 122 cm³/mol. The number of hydrogen-bond acceptors (Lipinski definition) is 8. The van der Waals surface area contributed by atoms with Crippen LogP contribution in [0.2, 0.25) is 5.02 Å². The van der Waals surface area contributed by atoms with Crippen LogP contribution in [0.15, 0.2) is 42.5 Å². The van der Waals surface area contributed by atoms with Gasteiger partial charge in [0.2, 0.25) is 0 Å². The lowest BCUT2D eigenvalue weighted by Gasteiger charge is -2.22. The fourth-order valence-electron chi connectivity index (χ4n) is 2.77. The number of nitrogens with one attached hydrogen (secondary N) is 1. The van der Waals surface area contributed by atoms with Gasteiger partial charge < -0.3 is 19.7 Å². The van der Waals surface area contributed by atoms with Crippen molar-refractivity contribution in [1.29, 1.82) is 5.26 Å². The van der Waals surface area contributed by atoms with Gasteiger partial charge in [0.1, 0.15) is 17.3 Å². The van der Waals surface area contributed by atoms with Crippen LogP contribution in [0.3, 0.4) is 0 Å². The first kappa shape index (κ1) is 26.1. The second kappa shape index (κ2) is 12.8. The highest BCUT2D eigenvalue weighted by atomic mass is 35.5. The van der Waals surface area contributed by atoms with Gasteiger partial charge in [-0.3, -0.25) is 24.5 Å². The van der Waals surface area contributed by atoms with Crippen molar-refractivity contribution in [1.82, 2.24) is 5.32 Å². The first-order chi connectivity index (χ1) is 16.3. The molecule has 11 nitrogen and oxygen atoms in total. The van der Waals surface area contributed by atoms with E-state index in [-0.39, 0.29) is 23.6 Å². The summed E-state index contributed by atoms with van der Waals surface area (Å²) in [5.41, 5.74) is -0.0234. The second-order valence-electron chi connectivity index (χ2n) is 6.65. The third kappa shape index (κ3) is 7.46. The van der Waals surface area contributed by atoms with Crippen molar-refractivity contribution in [2.24, 2.45) is 0 Å². The molecular weight excluding hydrogens is 468 g/mol. The highest BCUT2D eigenvalue weighted by Gasteiger charge is 2.19. The number of halogens is 1. The number of esters is 1. The van der Waals surface area contributed by atoms with Crippen LogP contribution in [0, 0.1) is 21.4 Å². The standard InChI is InChI=1S/C22H21ClN4O7/c1-2-33-17-7-5-16(6-8-17)26(11-3-10-24)20(28)14-34-21(29)13-25-22(30)15-4-9-18(23)19(12-15)27(31)32/h4-9,12H,2-3,11,13-14H2,1H3,(H,25,30). The molecule has 34 heavy (non-hydrogen) atoms. The fourth-order valence-corrected chi connectivity index (χ4v) is 2.95. The predicted octanol–water partition coefficient (Wildman–Crippen LogP) is 2.87. The molecule has 2 aromatic rings. The molecule has 2 amide bonds. The highest BCUT2D eigenvalue weighted by Crippen LogP contribution is 2.25. The molecule has 1 N–H and O–H groups in total. The van der Waals surface area contributed by atoms with Gasteiger partial charge in [0.25, 0.3) is 17.5 Å². The lowest BCUT2D eigenvalue weighted by Crippen LogP contribution is -2.37. The number of benzene rings is 2. The lowest BCUT2D eigenvalue weighted by atomic mass is 10.2. The number of nitro groups is 1. The van der Waals surface area contributed by atoms with Crippen molar-refractivity contribution in [2.75, 3.05) is 31.2 Å². The smallest absolute Gasteiger partial charge is 0.325 e. The molecule has 0 aliphatic carbocycles. The zero-order valence-electron chi connectivity index (χ0n) is 18.2. The number of amides is 2. The van der Waals surface area contributed by atoms with E-state index in [1.165, 1.54) is 17.0 Å². The first-order valence-corrected chi connectivity index (χ1v) is 10.4. The number of nitrogens with zero attached hydrogens (tertiary/aromatic N) is 3. The molecule has 178 valence electrons. The highest BCUT2D eigenvalue weighted by molar-refractivity contribution is 6.32. The minimum Gasteiger partial charge on any atom is -0.494 e. The molecule has 0 heterocycles. The van der Waals surface area contributed by atoms with Gasteiger partial charge in [0.15, 0.2) is 6.61 Å². The minimum atomic E-state index is -0.892. The molecule has 0 saturated carbocycles. The van der Waals surface area contributed by atoms with Gasteiger partial charge in [0.05, 0.1) is 24.0 Å². The van der Waals surface area contributed by atoms with Crippen molar-refractivity contribution in [3.05, 3.63) is 63.2 Å². The molecule has 0 saturated heterocycles. The van der Waals surface area contributed by atoms with Gasteiger partial charge in [-0.15, -0.1) is 0 Å². The summed E-state index contributed by atoms with van der Waals surface area (Å²) in [6.45, 7) is 1.24. The summed E-state index contributed by atoms with van der Waals surface area (Å²) in [4.78, 5) is 48.3. The van der Waals surface area contributed by atoms with Crippen molar-refractivity contribution < 1.29 is 28.8 Å². The monoisotopic (exact) mass is 488 g/mol. The summed E-state index contributed by atoms with van der Waals surface area (Å²) < 4.78 is 10.3. The Labute approximate surface area is 200 Å². The van der Waals surface area contributed by atoms with E-state index in [1.54, 1.807) is 24.3 Å². The van der Waals surface area contributed by atoms with Gasteiger partial charge in [-0.25, -0.2) is 0 Å². The van der Waals surface area contributed by atoms with Gasteiger partial charge >= 0.3 is 5.97 Å². The van der Waals surface area contributed by atoms with E-state index in [1.807, 2.05) is 13.0 Å². The lowest BCUT2D eigenvalue weighted by molar-refractivity contribution is -0.384. The van der Waals surface area contributed by atoms with Crippen molar-refractivity contribution in [3.63, 3.8) is 0 Å². The minimum absolute atomic E-state index is 0.0657. The van der Waals surface area contributed by atoms with E-state index < -0.39 is 41.5 Å². The molecule has 0 radical (unpaired) electrons. The Bertz CT molecular complexity index is 1100. The van der Waals surface area contributed by atoms with E-state index >= 15 is 0 Å². The van der Waals surface area contributed by atoms with Gasteiger partial charge in [0, 0.05) is 23.9 Å². The average molecular weight is 489 g/mol. The summed E-state index contributed by atoms with van der Waals surface area (Å²) in [5.74, 6) is -1.59. The summed E-state index contributed by atoms with van der Waals surface area (Å²) in [7, 11) is 0. The SMILES string of the molecule is CCOc1ccc(N(CCC#N)C(=O)COC(=O)CNC(=O)c2ccc(Cl)c([N+](=O)[O-])c2)cc1.